The maximum Gasteiger partial charge on any atom is 0.416 e. The van der Waals surface area contributed by atoms with E-state index in [9.17, 15) is 26.0 Å². The fourth-order valence-corrected chi connectivity index (χ4v) is 3.82. The second-order valence-electron chi connectivity index (χ2n) is 5.55. The van der Waals surface area contributed by atoms with Gasteiger partial charge in [-0.05, 0) is 17.7 Å². The van der Waals surface area contributed by atoms with E-state index in [0.717, 1.165) is 12.1 Å². The Labute approximate surface area is 179 Å². The fourth-order valence-electron chi connectivity index (χ4n) is 2.41. The van der Waals surface area contributed by atoms with Crippen molar-refractivity contribution >= 4 is 40.0 Å². The first-order chi connectivity index (χ1) is 12.5. The molecule has 1 aromatic carbocycles. The Morgan fingerprint density at radius 1 is 1.18 bits per heavy atom. The van der Waals surface area contributed by atoms with E-state index in [-0.39, 0.29) is 54.3 Å². The third kappa shape index (κ3) is 8.07. The normalized spacial score (nSPS) is 12.6. The van der Waals surface area contributed by atoms with E-state index in [1.807, 2.05) is 0 Å². The zero-order chi connectivity index (χ0) is 20.7. The molecule has 0 spiro atoms. The molecule has 0 aliphatic heterocycles. The molecule has 0 atom stereocenters. The molecule has 1 aromatic rings. The molecule has 6 nitrogen and oxygen atoms in total. The Kier molecular flexibility index (Phi) is 11.3. The number of hydrogen-bond donors (Lipinski definition) is 2. The van der Waals surface area contributed by atoms with Gasteiger partial charge in [-0.3, -0.25) is 4.99 Å². The highest BCUT2D eigenvalue weighted by molar-refractivity contribution is 14.0. The Balaban J connectivity index is 0.00000729. The average molecular weight is 540 g/mol. The van der Waals surface area contributed by atoms with Crippen LogP contribution in [0.4, 0.5) is 17.6 Å². The lowest BCUT2D eigenvalue weighted by atomic mass is 10.1. The molecule has 162 valence electrons. The van der Waals surface area contributed by atoms with Gasteiger partial charge in [-0.1, -0.05) is 19.9 Å². The van der Waals surface area contributed by atoms with Crippen molar-refractivity contribution in [3.63, 3.8) is 0 Å². The third-order valence-corrected chi connectivity index (χ3v) is 5.82. The molecule has 0 heterocycles. The summed E-state index contributed by atoms with van der Waals surface area (Å²) in [6.07, 6.45) is -4.69. The number of halogens is 5. The van der Waals surface area contributed by atoms with Crippen LogP contribution in [-0.4, -0.2) is 51.1 Å². The standard InChI is InChI=1S/C16H24F4N4O2S.HI/c1-4-24(5-2)27(25,26)9-8-22-15(21-3)23-11-12-6-7-13(17)10-14(12)16(18,19)20;/h6-7,10H,4-5,8-9,11H2,1-3H3,(H2,21,22,23);1H. The number of sulfonamides is 1. The Hall–Kier alpha value is -1.15. The lowest BCUT2D eigenvalue weighted by molar-refractivity contribution is -0.138. The first-order valence-corrected chi connectivity index (χ1v) is 9.94. The van der Waals surface area contributed by atoms with E-state index in [1.54, 1.807) is 13.8 Å². The van der Waals surface area contributed by atoms with E-state index in [4.69, 9.17) is 0 Å². The summed E-state index contributed by atoms with van der Waals surface area (Å²) >= 11 is 0. The molecule has 0 radical (unpaired) electrons. The van der Waals surface area contributed by atoms with Crippen molar-refractivity contribution in [3.05, 3.63) is 35.1 Å². The largest absolute Gasteiger partial charge is 0.416 e. The van der Waals surface area contributed by atoms with E-state index < -0.39 is 27.6 Å². The highest BCUT2D eigenvalue weighted by Crippen LogP contribution is 2.32. The van der Waals surface area contributed by atoms with Crippen LogP contribution in [-0.2, 0) is 22.7 Å². The maximum absolute atomic E-state index is 13.1. The van der Waals surface area contributed by atoms with Crippen LogP contribution in [0, 0.1) is 5.82 Å². The van der Waals surface area contributed by atoms with Gasteiger partial charge >= 0.3 is 6.18 Å². The zero-order valence-corrected chi connectivity index (χ0v) is 19.0. The summed E-state index contributed by atoms with van der Waals surface area (Å²) in [5, 5.41) is 5.42. The number of hydrogen-bond acceptors (Lipinski definition) is 3. The van der Waals surface area contributed by atoms with Gasteiger partial charge in [0.05, 0.1) is 11.3 Å². The minimum atomic E-state index is -4.69. The summed E-state index contributed by atoms with van der Waals surface area (Å²) in [7, 11) is -2.02. The molecule has 0 amide bonds. The number of guanidine groups is 1. The molecule has 0 saturated heterocycles. The smallest absolute Gasteiger partial charge is 0.355 e. The van der Waals surface area contributed by atoms with Crippen LogP contribution >= 0.6 is 24.0 Å². The highest BCUT2D eigenvalue weighted by Gasteiger charge is 2.33. The van der Waals surface area contributed by atoms with Gasteiger partial charge in [-0.2, -0.15) is 13.2 Å². The minimum Gasteiger partial charge on any atom is -0.355 e. The molecule has 0 aromatic heterocycles. The SMILES string of the molecule is CCN(CC)S(=O)(=O)CCNC(=NC)NCc1ccc(F)cc1C(F)(F)F.I. The zero-order valence-electron chi connectivity index (χ0n) is 15.8. The summed E-state index contributed by atoms with van der Waals surface area (Å²) in [4.78, 5) is 3.85. The number of benzene rings is 1. The van der Waals surface area contributed by atoms with Crippen LogP contribution < -0.4 is 10.6 Å². The van der Waals surface area contributed by atoms with Gasteiger partial charge in [-0.25, -0.2) is 17.1 Å². The van der Waals surface area contributed by atoms with Gasteiger partial charge in [-0.15, -0.1) is 24.0 Å². The maximum atomic E-state index is 13.1. The van der Waals surface area contributed by atoms with Gasteiger partial charge in [0.15, 0.2) is 5.96 Å². The van der Waals surface area contributed by atoms with Gasteiger partial charge < -0.3 is 10.6 Å². The first-order valence-electron chi connectivity index (χ1n) is 8.33. The average Bonchev–Trinajstić information content (AvgIpc) is 2.58. The summed E-state index contributed by atoms with van der Waals surface area (Å²) in [5.74, 6) is -1.02. The number of nitrogens with zero attached hydrogens (tertiary/aromatic N) is 2. The highest BCUT2D eigenvalue weighted by atomic mass is 127. The molecule has 0 fully saturated rings. The summed E-state index contributed by atoms with van der Waals surface area (Å²) in [5.41, 5.74) is -1.22. The minimum absolute atomic E-state index is 0. The molecule has 12 heteroatoms. The van der Waals surface area contributed by atoms with Crippen molar-refractivity contribution < 1.29 is 26.0 Å². The van der Waals surface area contributed by atoms with Crippen LogP contribution in [0.1, 0.15) is 25.0 Å². The molecule has 0 saturated carbocycles. The van der Waals surface area contributed by atoms with Crippen LogP contribution in [0.15, 0.2) is 23.2 Å². The summed E-state index contributed by atoms with van der Waals surface area (Å²) < 4.78 is 77.6. The Morgan fingerprint density at radius 2 is 1.79 bits per heavy atom. The quantitative estimate of drug-likeness (QED) is 0.230. The van der Waals surface area contributed by atoms with Crippen molar-refractivity contribution in [2.45, 2.75) is 26.6 Å². The molecule has 28 heavy (non-hydrogen) atoms. The summed E-state index contributed by atoms with van der Waals surface area (Å²) in [6, 6.07) is 2.42. The second-order valence-corrected chi connectivity index (χ2v) is 7.64. The number of nitrogens with one attached hydrogen (secondary N) is 2. The lowest BCUT2D eigenvalue weighted by Crippen LogP contribution is -2.42. The van der Waals surface area contributed by atoms with Crippen molar-refractivity contribution in [2.75, 3.05) is 32.4 Å². The van der Waals surface area contributed by atoms with Crippen LogP contribution in [0.3, 0.4) is 0 Å². The van der Waals surface area contributed by atoms with E-state index in [2.05, 4.69) is 15.6 Å². The number of rotatable bonds is 8. The lowest BCUT2D eigenvalue weighted by Gasteiger charge is -2.19. The van der Waals surface area contributed by atoms with Crippen molar-refractivity contribution in [1.29, 1.82) is 0 Å². The van der Waals surface area contributed by atoms with E-state index >= 15 is 0 Å². The molecule has 0 unspecified atom stereocenters. The Bertz CT molecular complexity index is 754. The Morgan fingerprint density at radius 3 is 2.29 bits per heavy atom. The second kappa shape index (κ2) is 11.8. The number of alkyl halides is 3. The first kappa shape index (κ1) is 26.9. The molecule has 2 N–H and O–H groups in total. The van der Waals surface area contributed by atoms with Crippen LogP contribution in [0.5, 0.6) is 0 Å². The molecule has 1 rings (SSSR count). The molecular weight excluding hydrogens is 515 g/mol. The van der Waals surface area contributed by atoms with Crippen molar-refractivity contribution in [2.24, 2.45) is 4.99 Å². The predicted molar refractivity (Wildman–Crippen MR) is 112 cm³/mol. The van der Waals surface area contributed by atoms with Crippen molar-refractivity contribution in [1.82, 2.24) is 14.9 Å². The molecule has 0 bridgehead atoms. The van der Waals surface area contributed by atoms with Gasteiger partial charge in [0.2, 0.25) is 10.0 Å². The monoisotopic (exact) mass is 540 g/mol. The van der Waals surface area contributed by atoms with Crippen molar-refractivity contribution in [3.8, 4) is 0 Å². The van der Waals surface area contributed by atoms with Crippen LogP contribution in [0.25, 0.3) is 0 Å². The van der Waals surface area contributed by atoms with Gasteiger partial charge in [0, 0.05) is 33.2 Å². The fraction of sp³-hybridized carbons (Fsp3) is 0.562. The topological polar surface area (TPSA) is 73.8 Å². The third-order valence-electron chi connectivity index (χ3n) is 3.80. The van der Waals surface area contributed by atoms with Gasteiger partial charge in [0.25, 0.3) is 0 Å². The molecular formula is C16H25F4IN4O2S. The van der Waals surface area contributed by atoms with Gasteiger partial charge in [0.1, 0.15) is 5.82 Å². The van der Waals surface area contributed by atoms with E-state index in [1.165, 1.54) is 11.4 Å². The molecule has 0 aliphatic rings. The predicted octanol–water partition coefficient (Wildman–Crippen LogP) is 2.80. The van der Waals surface area contributed by atoms with Crippen LogP contribution in [0.2, 0.25) is 0 Å². The summed E-state index contributed by atoms with van der Waals surface area (Å²) in [6.45, 7) is 3.96. The van der Waals surface area contributed by atoms with E-state index in [0.29, 0.717) is 19.2 Å². The molecule has 0 aliphatic carbocycles. The number of aliphatic imine (C=N–C) groups is 1.